The number of aromatic nitrogens is 1. The third kappa shape index (κ3) is 3.31. The summed E-state index contributed by atoms with van der Waals surface area (Å²) in [5.74, 6) is 0. The molecule has 154 valence electrons. The fraction of sp³-hybridized carbons (Fsp3) is 0.174. The van der Waals surface area contributed by atoms with Gasteiger partial charge in [0.1, 0.15) is 7.05 Å². The molecule has 0 bridgehead atoms. The maximum Gasteiger partial charge on any atom is 0.224 e. The Morgan fingerprint density at radius 3 is 2.30 bits per heavy atom. The normalized spacial score (nSPS) is 12.5. The van der Waals surface area contributed by atoms with Crippen molar-refractivity contribution in [2.75, 3.05) is 19.1 Å². The Morgan fingerprint density at radius 1 is 0.967 bits per heavy atom. The maximum absolute atomic E-state index is 9.22. The van der Waals surface area contributed by atoms with Gasteiger partial charge in [0.15, 0.2) is 0 Å². The van der Waals surface area contributed by atoms with Gasteiger partial charge in [0.25, 0.3) is 0 Å². The quantitative estimate of drug-likeness (QED) is 0.201. The molecule has 30 heavy (non-hydrogen) atoms. The molecule has 1 aliphatic rings. The molecule has 0 N–H and O–H groups in total. The minimum atomic E-state index is -4.41. The molecule has 0 saturated heterocycles. The predicted molar refractivity (Wildman–Crippen MR) is 118 cm³/mol. The molecule has 0 fully saturated rings. The number of aryl methyl sites for hydroxylation is 2. The van der Waals surface area contributed by atoms with Gasteiger partial charge < -0.3 is 9.45 Å². The molecule has 1 aliphatic heterocycles. The van der Waals surface area contributed by atoms with Crippen LogP contribution in [0.3, 0.4) is 0 Å². The summed E-state index contributed by atoms with van der Waals surface area (Å²) in [6.07, 6.45) is 0. The molecule has 0 unspecified atom stereocenters. The van der Waals surface area contributed by atoms with Crippen molar-refractivity contribution in [2.45, 2.75) is 6.92 Å². The zero-order chi connectivity index (χ0) is 21.6. The molecule has 1 aromatic heterocycles. The van der Waals surface area contributed by atoms with Crippen LogP contribution < -0.4 is 9.47 Å². The first-order chi connectivity index (χ1) is 14.2. The minimum absolute atomic E-state index is 0.808. The Bertz CT molecular complexity index is 1400. The van der Waals surface area contributed by atoms with E-state index in [1.807, 2.05) is 0 Å². The molecule has 0 saturated carbocycles. The monoisotopic (exact) mass is 422 g/mol. The van der Waals surface area contributed by atoms with Gasteiger partial charge in [-0.05, 0) is 36.8 Å². The summed E-state index contributed by atoms with van der Waals surface area (Å²) in [7, 11) is 0.751. The molecule has 0 spiro atoms. The fourth-order valence-electron chi connectivity index (χ4n) is 4.19. The molecule has 2 heterocycles. The summed E-state index contributed by atoms with van der Waals surface area (Å²) in [6, 6.07) is 22.0. The zero-order valence-corrected chi connectivity index (χ0v) is 18.0. The van der Waals surface area contributed by atoms with E-state index in [1.165, 1.54) is 49.9 Å². The van der Waals surface area contributed by atoms with Gasteiger partial charge in [0, 0.05) is 18.5 Å². The Balaban J connectivity index is 0.000000322. The summed E-state index contributed by atoms with van der Waals surface area (Å²) >= 11 is 0. The van der Waals surface area contributed by atoms with Crippen LogP contribution >= 0.6 is 0 Å². The van der Waals surface area contributed by atoms with Gasteiger partial charge in [-0.25, -0.2) is 8.42 Å². The highest BCUT2D eigenvalue weighted by molar-refractivity contribution is 7.80. The largest absolute Gasteiger partial charge is 0.726 e. The zero-order valence-electron chi connectivity index (χ0n) is 17.2. The van der Waals surface area contributed by atoms with E-state index in [1.54, 1.807) is 0 Å². The lowest BCUT2D eigenvalue weighted by Gasteiger charge is -2.29. The van der Waals surface area contributed by atoms with Gasteiger partial charge in [0.05, 0.1) is 34.8 Å². The van der Waals surface area contributed by atoms with Crippen LogP contribution in [0.25, 0.3) is 32.9 Å². The molecule has 3 aromatic carbocycles. The van der Waals surface area contributed by atoms with E-state index in [2.05, 4.69) is 95.3 Å². The first-order valence-electron chi connectivity index (χ1n) is 9.42. The van der Waals surface area contributed by atoms with Gasteiger partial charge in [-0.3, -0.25) is 4.18 Å². The highest BCUT2D eigenvalue weighted by Gasteiger charge is 2.30. The van der Waals surface area contributed by atoms with E-state index in [0.717, 1.165) is 7.11 Å². The summed E-state index contributed by atoms with van der Waals surface area (Å²) in [4.78, 5) is 2.33. The average molecular weight is 423 g/mol. The summed E-state index contributed by atoms with van der Waals surface area (Å²) in [6.45, 7) is 2.19. The number of pyridine rings is 1. The number of hydrogen-bond acceptors (Lipinski definition) is 5. The lowest BCUT2D eigenvalue weighted by atomic mass is 9.92. The van der Waals surface area contributed by atoms with Crippen LogP contribution in [-0.2, 0) is 21.6 Å². The van der Waals surface area contributed by atoms with Crippen molar-refractivity contribution in [1.29, 1.82) is 0 Å². The molecule has 0 aliphatic carbocycles. The highest BCUT2D eigenvalue weighted by atomic mass is 32.3. The van der Waals surface area contributed by atoms with Crippen molar-refractivity contribution in [2.24, 2.45) is 7.05 Å². The second-order valence-electron chi connectivity index (χ2n) is 7.28. The molecule has 7 heteroatoms. The molecule has 0 atom stereocenters. The number of fused-ring (bicyclic) bond motifs is 4. The Hall–Kier alpha value is -3.00. The van der Waals surface area contributed by atoms with E-state index in [0.29, 0.717) is 0 Å². The lowest BCUT2D eigenvalue weighted by molar-refractivity contribution is -0.632. The van der Waals surface area contributed by atoms with E-state index >= 15 is 0 Å². The molecule has 5 rings (SSSR count). The van der Waals surface area contributed by atoms with Crippen LogP contribution in [0.15, 0.2) is 60.7 Å². The number of hydrogen-bond donors (Lipinski definition) is 0. The van der Waals surface area contributed by atoms with Crippen LogP contribution in [0.4, 0.5) is 11.4 Å². The Labute approximate surface area is 175 Å². The second kappa shape index (κ2) is 7.36. The van der Waals surface area contributed by atoms with Crippen LogP contribution in [0.2, 0.25) is 0 Å². The average Bonchev–Trinajstić information content (AvgIpc) is 2.73. The topological polar surface area (TPSA) is 73.5 Å². The molecule has 6 nitrogen and oxygen atoms in total. The molecular formula is C23H22N2O4S. The van der Waals surface area contributed by atoms with Gasteiger partial charge >= 0.3 is 0 Å². The Morgan fingerprint density at radius 2 is 1.60 bits per heavy atom. The minimum Gasteiger partial charge on any atom is -0.726 e. The third-order valence-electron chi connectivity index (χ3n) is 5.48. The molecule has 4 aromatic rings. The van der Waals surface area contributed by atoms with E-state index < -0.39 is 10.4 Å². The van der Waals surface area contributed by atoms with Gasteiger partial charge in [-0.2, -0.15) is 4.57 Å². The maximum atomic E-state index is 9.22. The van der Waals surface area contributed by atoms with Gasteiger partial charge in [-0.1, -0.05) is 30.3 Å². The standard InChI is InChI=1S/C22H19N2.CH4O4S/c1-14-12-17-15-8-4-6-10-18(15)24(3)22-16-9-5-7-11-19(16)23(2)20(13-14)21(17)22;1-5-6(2,3)4/h4-13H,1-3H3;1H3,(H,2,3,4)/q+1;/p-1. The third-order valence-corrected chi connectivity index (χ3v) is 5.88. The smallest absolute Gasteiger partial charge is 0.224 e. The lowest BCUT2D eigenvalue weighted by Crippen LogP contribution is -2.34. The van der Waals surface area contributed by atoms with Crippen molar-refractivity contribution in [3.05, 3.63) is 66.2 Å². The van der Waals surface area contributed by atoms with E-state index in [-0.39, 0.29) is 0 Å². The van der Waals surface area contributed by atoms with Crippen molar-refractivity contribution in [1.82, 2.24) is 0 Å². The van der Waals surface area contributed by atoms with Crippen molar-refractivity contribution in [3.8, 4) is 11.3 Å². The number of para-hydroxylation sites is 2. The summed E-state index contributed by atoms with van der Waals surface area (Å²) in [5, 5.41) is 4.01. The highest BCUT2D eigenvalue weighted by Crippen LogP contribution is 2.47. The van der Waals surface area contributed by atoms with Gasteiger partial charge in [0.2, 0.25) is 21.6 Å². The van der Waals surface area contributed by atoms with Crippen molar-refractivity contribution < 1.29 is 21.7 Å². The number of anilines is 2. The SMILES string of the molecule is COS(=O)(=O)[O-].Cc1cc2c3c([n+](C)c4ccccc4c3c1)-c1ccccc1N2C. The summed E-state index contributed by atoms with van der Waals surface area (Å²) < 4.78 is 33.4. The van der Waals surface area contributed by atoms with Crippen molar-refractivity contribution in [3.63, 3.8) is 0 Å². The Kier molecular flexibility index (Phi) is 4.97. The van der Waals surface area contributed by atoms with E-state index in [9.17, 15) is 13.0 Å². The first kappa shape index (κ1) is 20.3. The fourth-order valence-corrected chi connectivity index (χ4v) is 4.19. The predicted octanol–water partition coefficient (Wildman–Crippen LogP) is 3.97. The number of benzene rings is 3. The molecule has 0 radical (unpaired) electrons. The van der Waals surface area contributed by atoms with Gasteiger partial charge in [-0.15, -0.1) is 0 Å². The second-order valence-corrected chi connectivity index (χ2v) is 8.43. The molecule has 0 amide bonds. The first-order valence-corrected chi connectivity index (χ1v) is 10.8. The van der Waals surface area contributed by atoms with Crippen LogP contribution in [0.1, 0.15) is 5.56 Å². The van der Waals surface area contributed by atoms with Crippen LogP contribution in [-0.4, -0.2) is 27.1 Å². The van der Waals surface area contributed by atoms with E-state index in [4.69, 9.17) is 0 Å². The number of nitrogens with zero attached hydrogens (tertiary/aromatic N) is 2. The van der Waals surface area contributed by atoms with Crippen molar-refractivity contribution >= 4 is 43.4 Å². The van der Waals surface area contributed by atoms with Crippen LogP contribution in [0.5, 0.6) is 0 Å². The number of rotatable bonds is 1. The summed E-state index contributed by atoms with van der Waals surface area (Å²) in [5.41, 5.74) is 7.74. The molecular weight excluding hydrogens is 400 g/mol. The van der Waals surface area contributed by atoms with Crippen LogP contribution in [0, 0.1) is 6.92 Å².